The Balaban J connectivity index is 2.77. The van der Waals surface area contributed by atoms with Gasteiger partial charge in [-0.05, 0) is 20.8 Å². The lowest BCUT2D eigenvalue weighted by Gasteiger charge is -2.16. The summed E-state index contributed by atoms with van der Waals surface area (Å²) < 4.78 is 9.76. The smallest absolute Gasteiger partial charge is 0.332 e. The van der Waals surface area contributed by atoms with Crippen molar-refractivity contribution in [2.75, 3.05) is 13.2 Å². The monoisotopic (exact) mass is 280 g/mol. The van der Waals surface area contributed by atoms with Crippen molar-refractivity contribution in [2.45, 2.75) is 26.8 Å². The van der Waals surface area contributed by atoms with Gasteiger partial charge in [0.15, 0.2) is 11.2 Å². The van der Waals surface area contributed by atoms with Crippen LogP contribution in [0.25, 0.3) is 11.2 Å². The molecule has 0 aromatic carbocycles. The van der Waals surface area contributed by atoms with Gasteiger partial charge >= 0.3 is 5.69 Å². The fourth-order valence-corrected chi connectivity index (χ4v) is 2.43. The van der Waals surface area contributed by atoms with Crippen molar-refractivity contribution < 1.29 is 4.74 Å². The topological polar surface area (TPSA) is 71.1 Å². The molecule has 7 nitrogen and oxygen atoms in total. The quantitative estimate of drug-likeness (QED) is 0.809. The Morgan fingerprint density at radius 1 is 1.25 bits per heavy atom. The second-order valence-electron chi connectivity index (χ2n) is 4.92. The van der Waals surface area contributed by atoms with Crippen molar-refractivity contribution in [3.63, 3.8) is 0 Å². The molecule has 0 aliphatic rings. The van der Waals surface area contributed by atoms with Crippen LogP contribution >= 0.6 is 0 Å². The third kappa shape index (κ3) is 2.07. The third-order valence-corrected chi connectivity index (χ3v) is 3.47. The normalized spacial score (nSPS) is 13.1. The van der Waals surface area contributed by atoms with Crippen molar-refractivity contribution in [1.29, 1.82) is 0 Å². The molecule has 2 aromatic rings. The summed E-state index contributed by atoms with van der Waals surface area (Å²) in [6.07, 6.45) is 0. The van der Waals surface area contributed by atoms with Gasteiger partial charge in [0.05, 0.1) is 12.6 Å². The van der Waals surface area contributed by atoms with Gasteiger partial charge in [-0.3, -0.25) is 13.9 Å². The van der Waals surface area contributed by atoms with Crippen molar-refractivity contribution in [2.24, 2.45) is 14.1 Å². The number of ether oxygens (including phenoxy) is 1. The fourth-order valence-electron chi connectivity index (χ4n) is 2.43. The van der Waals surface area contributed by atoms with E-state index in [0.717, 1.165) is 4.57 Å². The minimum absolute atomic E-state index is 0.0230. The Bertz CT molecular complexity index is 754. The predicted molar refractivity (Wildman–Crippen MR) is 76.2 cm³/mol. The number of hydrogen-bond acceptors (Lipinski definition) is 4. The molecule has 0 spiro atoms. The van der Waals surface area contributed by atoms with Gasteiger partial charge in [-0.25, -0.2) is 9.78 Å². The summed E-state index contributed by atoms with van der Waals surface area (Å²) in [5.41, 5.74) is 0.162. The lowest BCUT2D eigenvalue weighted by molar-refractivity contribution is 0.119. The number of fused-ring (bicyclic) bond motifs is 1. The zero-order chi connectivity index (χ0) is 15.0. The molecule has 20 heavy (non-hydrogen) atoms. The summed E-state index contributed by atoms with van der Waals surface area (Å²) in [4.78, 5) is 28.6. The molecule has 0 amide bonds. The van der Waals surface area contributed by atoms with Crippen LogP contribution in [0.1, 0.15) is 25.7 Å². The molecule has 110 valence electrons. The SMILES string of the molecule is CCOCC(C)n1c(C)nc2c1c(=O)n(C)c(=O)n2C. The molecule has 0 bridgehead atoms. The number of nitrogens with zero attached hydrogens (tertiary/aromatic N) is 4. The molecule has 0 aliphatic heterocycles. The van der Waals surface area contributed by atoms with Crippen molar-refractivity contribution in [3.05, 3.63) is 26.7 Å². The first kappa shape index (κ1) is 14.5. The van der Waals surface area contributed by atoms with Gasteiger partial charge in [0.1, 0.15) is 5.82 Å². The van der Waals surface area contributed by atoms with Crippen LogP contribution < -0.4 is 11.2 Å². The maximum atomic E-state index is 12.4. The van der Waals surface area contributed by atoms with Gasteiger partial charge in [0, 0.05) is 20.7 Å². The molecule has 0 saturated carbocycles. The predicted octanol–water partition coefficient (Wildman–Crippen LogP) is 0.340. The standard InChI is InChI=1S/C13H20N4O3/c1-6-20-7-8(2)17-9(3)14-11-10(17)12(18)16(5)13(19)15(11)4/h8H,6-7H2,1-5H3. The van der Waals surface area contributed by atoms with E-state index in [1.807, 2.05) is 25.3 Å². The van der Waals surface area contributed by atoms with Crippen LogP contribution in [-0.2, 0) is 18.8 Å². The molecule has 0 radical (unpaired) electrons. The molecule has 0 N–H and O–H groups in total. The van der Waals surface area contributed by atoms with Gasteiger partial charge in [0.2, 0.25) is 0 Å². The van der Waals surface area contributed by atoms with Crippen LogP contribution in [0.15, 0.2) is 9.59 Å². The summed E-state index contributed by atoms with van der Waals surface area (Å²) in [6.45, 7) is 6.83. The van der Waals surface area contributed by atoms with Crippen molar-refractivity contribution in [3.8, 4) is 0 Å². The number of imidazole rings is 1. The van der Waals surface area contributed by atoms with E-state index in [0.29, 0.717) is 30.2 Å². The van der Waals surface area contributed by atoms with E-state index in [2.05, 4.69) is 4.98 Å². The Morgan fingerprint density at radius 2 is 1.90 bits per heavy atom. The second-order valence-corrected chi connectivity index (χ2v) is 4.92. The number of rotatable bonds is 4. The van der Waals surface area contributed by atoms with E-state index in [-0.39, 0.29) is 17.3 Å². The van der Waals surface area contributed by atoms with Crippen LogP contribution in [0.2, 0.25) is 0 Å². The highest BCUT2D eigenvalue weighted by Crippen LogP contribution is 2.17. The first-order valence-corrected chi connectivity index (χ1v) is 6.62. The lowest BCUT2D eigenvalue weighted by atomic mass is 10.3. The van der Waals surface area contributed by atoms with Gasteiger partial charge in [-0.2, -0.15) is 0 Å². The fraction of sp³-hybridized carbons (Fsp3) is 0.615. The average Bonchev–Trinajstić information content (AvgIpc) is 2.77. The summed E-state index contributed by atoms with van der Waals surface area (Å²) >= 11 is 0. The van der Waals surface area contributed by atoms with Gasteiger partial charge in [-0.15, -0.1) is 0 Å². The van der Waals surface area contributed by atoms with Crippen molar-refractivity contribution >= 4 is 11.2 Å². The Morgan fingerprint density at radius 3 is 2.50 bits per heavy atom. The van der Waals surface area contributed by atoms with E-state index in [1.165, 1.54) is 11.6 Å². The third-order valence-electron chi connectivity index (χ3n) is 3.47. The minimum atomic E-state index is -0.371. The summed E-state index contributed by atoms with van der Waals surface area (Å²) in [7, 11) is 3.10. The lowest BCUT2D eigenvalue weighted by Crippen LogP contribution is -2.37. The number of aromatic nitrogens is 4. The van der Waals surface area contributed by atoms with E-state index >= 15 is 0 Å². The highest BCUT2D eigenvalue weighted by Gasteiger charge is 2.20. The number of hydrogen-bond donors (Lipinski definition) is 0. The average molecular weight is 280 g/mol. The summed E-state index contributed by atoms with van der Waals surface area (Å²) in [6, 6.07) is -0.0230. The maximum absolute atomic E-state index is 12.4. The van der Waals surface area contributed by atoms with E-state index < -0.39 is 0 Å². The Hall–Kier alpha value is -1.89. The molecule has 7 heteroatoms. The van der Waals surface area contributed by atoms with Crippen LogP contribution in [0, 0.1) is 6.92 Å². The zero-order valence-corrected chi connectivity index (χ0v) is 12.5. The molecule has 0 aliphatic carbocycles. The molecule has 1 atom stereocenters. The molecule has 2 aromatic heterocycles. The Labute approximate surface area is 116 Å². The highest BCUT2D eigenvalue weighted by atomic mass is 16.5. The first-order chi connectivity index (χ1) is 9.40. The van der Waals surface area contributed by atoms with Gasteiger partial charge in [0.25, 0.3) is 5.56 Å². The summed E-state index contributed by atoms with van der Waals surface area (Å²) in [5.74, 6) is 0.700. The molecule has 0 saturated heterocycles. The highest BCUT2D eigenvalue weighted by molar-refractivity contribution is 5.71. The molecule has 2 heterocycles. The largest absolute Gasteiger partial charge is 0.380 e. The first-order valence-electron chi connectivity index (χ1n) is 6.62. The van der Waals surface area contributed by atoms with E-state index in [1.54, 1.807) is 7.05 Å². The van der Waals surface area contributed by atoms with Crippen molar-refractivity contribution in [1.82, 2.24) is 18.7 Å². The molecule has 0 fully saturated rings. The molecular weight excluding hydrogens is 260 g/mol. The minimum Gasteiger partial charge on any atom is -0.380 e. The molecular formula is C13H20N4O3. The maximum Gasteiger partial charge on any atom is 0.332 e. The van der Waals surface area contributed by atoms with Crippen LogP contribution in [0.5, 0.6) is 0 Å². The van der Waals surface area contributed by atoms with Crippen LogP contribution in [0.3, 0.4) is 0 Å². The molecule has 2 rings (SSSR count). The van der Waals surface area contributed by atoms with E-state index in [9.17, 15) is 9.59 Å². The second kappa shape index (κ2) is 5.24. The zero-order valence-electron chi connectivity index (χ0n) is 12.5. The van der Waals surface area contributed by atoms with Crippen LogP contribution in [-0.4, -0.2) is 31.9 Å². The Kier molecular flexibility index (Phi) is 3.80. The number of aryl methyl sites for hydroxylation is 2. The molecule has 1 unspecified atom stereocenters. The van der Waals surface area contributed by atoms with Gasteiger partial charge < -0.3 is 9.30 Å². The van der Waals surface area contributed by atoms with Crippen LogP contribution in [0.4, 0.5) is 0 Å². The van der Waals surface area contributed by atoms with E-state index in [4.69, 9.17) is 4.74 Å². The van der Waals surface area contributed by atoms with Gasteiger partial charge in [-0.1, -0.05) is 0 Å². The summed E-state index contributed by atoms with van der Waals surface area (Å²) in [5, 5.41) is 0.